The normalized spacial score (nSPS) is 18.9. The number of hydrogen-bond donors (Lipinski definition) is 0. The third-order valence-corrected chi connectivity index (χ3v) is 30.8. The molecule has 0 heterocycles. The zero-order valence-corrected chi connectivity index (χ0v) is 13.7. The van der Waals surface area contributed by atoms with Crippen molar-refractivity contribution in [1.82, 2.24) is 0 Å². The summed E-state index contributed by atoms with van der Waals surface area (Å²) in [6.45, 7) is 5.46. The monoisotopic (exact) mass is 356 g/mol. The fourth-order valence-corrected chi connectivity index (χ4v) is 31.1. The van der Waals surface area contributed by atoms with E-state index in [0.717, 1.165) is 0 Å². The summed E-state index contributed by atoms with van der Waals surface area (Å²) < 4.78 is 55.5. The van der Waals surface area contributed by atoms with E-state index in [0.29, 0.717) is 0 Å². The average Bonchev–Trinajstić information content (AvgIpc) is 2.18. The van der Waals surface area contributed by atoms with Crippen LogP contribution in [-0.2, 0) is 0 Å². The Kier molecular flexibility index (Phi) is 4.49. The van der Waals surface area contributed by atoms with Crippen molar-refractivity contribution in [2.24, 2.45) is 0 Å². The molecule has 0 fully saturated rings. The van der Waals surface area contributed by atoms with Crippen molar-refractivity contribution < 1.29 is 13.9 Å². The van der Waals surface area contributed by atoms with Crippen molar-refractivity contribution in [1.29, 1.82) is 0 Å². The van der Waals surface area contributed by atoms with Crippen LogP contribution in [0.2, 0.25) is 24.8 Å². The molecule has 0 saturated heterocycles. The molecule has 0 nitrogen and oxygen atoms in total. The van der Waals surface area contributed by atoms with Crippen molar-refractivity contribution in [2.75, 3.05) is 0 Å². The Morgan fingerprint density at radius 2 is 0.800 bits per heavy atom. The summed E-state index contributed by atoms with van der Waals surface area (Å²) in [6.07, 6.45) is 0. The molecule has 0 amide bonds. The van der Waals surface area contributed by atoms with Gasteiger partial charge < -0.3 is 0 Å². The number of halogens is 4. The molecule has 6 heteroatoms. The fourth-order valence-electron chi connectivity index (χ4n) is 1.51. The SMILES string of the molecule is CC[As](F)(F)(CC)C[As](F)(F)(CC)CC. The van der Waals surface area contributed by atoms with Crippen LogP contribution in [0.1, 0.15) is 27.7 Å². The van der Waals surface area contributed by atoms with Gasteiger partial charge in [-0.25, -0.2) is 0 Å². The molecule has 0 N–H and O–H groups in total. The van der Waals surface area contributed by atoms with Crippen molar-refractivity contribution in [3.63, 3.8) is 0 Å². The summed E-state index contributed by atoms with van der Waals surface area (Å²) in [5.74, 6) is 0. The van der Waals surface area contributed by atoms with E-state index in [2.05, 4.69) is 0 Å². The molecule has 0 aromatic heterocycles. The minimum absolute atomic E-state index is 0.320. The van der Waals surface area contributed by atoms with Crippen molar-refractivity contribution in [3.05, 3.63) is 0 Å². The Balaban J connectivity index is 5.15. The summed E-state index contributed by atoms with van der Waals surface area (Å²) in [5.41, 5.74) is 0. The second kappa shape index (κ2) is 4.26. The molecule has 0 aromatic rings. The molecule has 0 unspecified atom stereocenters. The van der Waals surface area contributed by atoms with Crippen LogP contribution >= 0.6 is 0 Å². The van der Waals surface area contributed by atoms with E-state index in [-0.39, 0.29) is 20.8 Å². The van der Waals surface area contributed by atoms with Gasteiger partial charge >= 0.3 is 93.2 Å². The van der Waals surface area contributed by atoms with Gasteiger partial charge in [-0.3, -0.25) is 0 Å². The molecule has 0 spiro atoms. The molecule has 15 heavy (non-hydrogen) atoms. The predicted molar refractivity (Wildman–Crippen MR) is 62.7 cm³/mol. The Morgan fingerprint density at radius 1 is 0.600 bits per heavy atom. The fraction of sp³-hybridized carbons (Fsp3) is 1.00. The molecule has 96 valence electrons. The first kappa shape index (κ1) is 15.8. The van der Waals surface area contributed by atoms with E-state index >= 15 is 0 Å². The van der Waals surface area contributed by atoms with Crippen LogP contribution in [0.4, 0.5) is 13.9 Å². The maximum atomic E-state index is 14.1. The van der Waals surface area contributed by atoms with E-state index in [1.54, 1.807) is 0 Å². The van der Waals surface area contributed by atoms with Gasteiger partial charge in [0.2, 0.25) is 0 Å². The summed E-state index contributed by atoms with van der Waals surface area (Å²) in [7, 11) is 0. The van der Waals surface area contributed by atoms with E-state index in [1.807, 2.05) is 0 Å². The Labute approximate surface area is 93.1 Å². The van der Waals surface area contributed by atoms with Gasteiger partial charge in [0, 0.05) is 0 Å². The summed E-state index contributed by atoms with van der Waals surface area (Å²) in [4.78, 5) is 0. The summed E-state index contributed by atoms with van der Waals surface area (Å²) >= 11 is -11.3. The van der Waals surface area contributed by atoms with Crippen molar-refractivity contribution >= 4 is 26.8 Å². The van der Waals surface area contributed by atoms with Crippen LogP contribution in [0.25, 0.3) is 0 Å². The van der Waals surface area contributed by atoms with E-state index < -0.39 is 30.8 Å². The summed E-state index contributed by atoms with van der Waals surface area (Å²) in [5, 5.41) is -1.28. The molecule has 0 aliphatic rings. The maximum absolute atomic E-state index is 14.1. The molecule has 0 aromatic carbocycles. The van der Waals surface area contributed by atoms with Gasteiger partial charge in [0.25, 0.3) is 0 Å². The van der Waals surface area contributed by atoms with Gasteiger partial charge in [0.1, 0.15) is 0 Å². The number of hydrogen-bond acceptors (Lipinski definition) is 0. The van der Waals surface area contributed by atoms with Crippen LogP contribution in [0, 0.1) is 0 Å². The molecular weight excluding hydrogens is 334 g/mol. The number of rotatable bonds is 6. The second-order valence-electron chi connectivity index (χ2n) is 4.31. The van der Waals surface area contributed by atoms with Crippen LogP contribution in [-0.4, -0.2) is 26.8 Å². The topological polar surface area (TPSA) is 0 Å². The van der Waals surface area contributed by atoms with Crippen molar-refractivity contribution in [2.45, 2.75) is 52.5 Å². The first-order valence-corrected chi connectivity index (χ1v) is 16.2. The van der Waals surface area contributed by atoms with Gasteiger partial charge in [-0.1, -0.05) is 0 Å². The molecular formula is C9H22As2F4. The Hall–Kier alpha value is 0.837. The van der Waals surface area contributed by atoms with Gasteiger partial charge in [-0.2, -0.15) is 0 Å². The Bertz CT molecular complexity index is 200. The van der Waals surface area contributed by atoms with Crippen LogP contribution in [0.5, 0.6) is 0 Å². The zero-order valence-electron chi connectivity index (χ0n) is 9.94. The van der Waals surface area contributed by atoms with Gasteiger partial charge in [-0.05, 0) is 0 Å². The van der Waals surface area contributed by atoms with Crippen LogP contribution in [0.15, 0.2) is 0 Å². The minimum atomic E-state index is -5.66. The molecule has 0 aliphatic heterocycles. The van der Waals surface area contributed by atoms with Gasteiger partial charge in [0.15, 0.2) is 0 Å². The first-order chi connectivity index (χ1) is 6.51. The third-order valence-electron chi connectivity index (χ3n) is 3.36. The zero-order chi connectivity index (χ0) is 12.4. The molecule has 0 rings (SSSR count). The standard InChI is InChI=1S/C9H22As2F4/c1-5-10(12,13,6-2)9-11(14,15,7-3)8-4/h5-9H2,1-4H3. The van der Waals surface area contributed by atoms with E-state index in [9.17, 15) is 13.9 Å². The van der Waals surface area contributed by atoms with Gasteiger partial charge in [0.05, 0.1) is 0 Å². The molecule has 0 saturated carbocycles. The molecule has 0 atom stereocenters. The van der Waals surface area contributed by atoms with E-state index in [1.165, 1.54) is 27.7 Å². The van der Waals surface area contributed by atoms with Crippen molar-refractivity contribution in [3.8, 4) is 0 Å². The molecule has 0 bridgehead atoms. The van der Waals surface area contributed by atoms with Crippen LogP contribution in [0.3, 0.4) is 0 Å². The summed E-state index contributed by atoms with van der Waals surface area (Å²) in [6, 6.07) is 0. The molecule has 0 radical (unpaired) electrons. The van der Waals surface area contributed by atoms with E-state index in [4.69, 9.17) is 0 Å². The average molecular weight is 356 g/mol. The van der Waals surface area contributed by atoms with Crippen LogP contribution < -0.4 is 0 Å². The second-order valence-corrected chi connectivity index (χ2v) is 25.5. The third kappa shape index (κ3) is 3.96. The molecule has 0 aliphatic carbocycles. The van der Waals surface area contributed by atoms with Gasteiger partial charge in [-0.15, -0.1) is 0 Å². The predicted octanol–water partition coefficient (Wildman–Crippen LogP) is 5.28. The Morgan fingerprint density at radius 3 is 0.933 bits per heavy atom. The quantitative estimate of drug-likeness (QED) is 0.449. The first-order valence-electron chi connectivity index (χ1n) is 5.40.